The van der Waals surface area contributed by atoms with Gasteiger partial charge in [-0.3, -0.25) is 14.3 Å². The maximum Gasteiger partial charge on any atom is 0.347 e. The monoisotopic (exact) mass is 484 g/mol. The summed E-state index contributed by atoms with van der Waals surface area (Å²) in [5.41, 5.74) is 0.621. The van der Waals surface area contributed by atoms with Crippen molar-refractivity contribution in [3.05, 3.63) is 63.3 Å². The zero-order valence-electron chi connectivity index (χ0n) is 19.4. The number of aliphatic carboxylic acids is 1. The van der Waals surface area contributed by atoms with Crippen molar-refractivity contribution in [2.24, 2.45) is 0 Å². The van der Waals surface area contributed by atoms with Crippen LogP contribution in [0.4, 0.5) is 4.39 Å². The average molecular weight is 484 g/mol. The van der Waals surface area contributed by atoms with Crippen molar-refractivity contribution in [3.8, 4) is 11.5 Å². The Morgan fingerprint density at radius 1 is 1.26 bits per heavy atom. The van der Waals surface area contributed by atoms with Gasteiger partial charge in [-0.2, -0.15) is 0 Å². The van der Waals surface area contributed by atoms with E-state index in [2.05, 4.69) is 4.98 Å². The number of ether oxygens (including phenoxy) is 3. The second kappa shape index (κ2) is 10.1. The number of unbranched alkanes of at least 4 members (excludes halogenated alkanes) is 1. The van der Waals surface area contributed by atoms with E-state index in [1.54, 1.807) is 19.1 Å². The van der Waals surface area contributed by atoms with Crippen LogP contribution in [0.3, 0.4) is 0 Å². The maximum atomic E-state index is 13.5. The molecule has 1 aromatic carbocycles. The number of carboxylic acids is 1. The molecule has 0 saturated carbocycles. The predicted molar refractivity (Wildman–Crippen MR) is 124 cm³/mol. The first-order valence-electron chi connectivity index (χ1n) is 11.4. The Morgan fingerprint density at radius 2 is 2.00 bits per heavy atom. The van der Waals surface area contributed by atoms with E-state index in [1.165, 1.54) is 22.9 Å². The lowest BCUT2D eigenvalue weighted by atomic mass is 10.0. The number of carbonyl (C=O) groups is 2. The Balaban J connectivity index is 1.97. The van der Waals surface area contributed by atoms with Crippen LogP contribution in [0.15, 0.2) is 35.3 Å². The minimum Gasteiger partial charge on any atom is -0.490 e. The first-order chi connectivity index (χ1) is 16.8. The standard InChI is InChI=1S/C25H25FN2O7/c1-3-5-10-34-22-18(25(32)33-4-2)23(29)28-13-17(24(30)31)35-21-15(12-27-19(22)20(21)28)11-14-6-8-16(26)9-7-14/h6-9,12,17H,3-5,10-11,13H2,1-2H3,(H,30,31)/t17-/m0/s1. The van der Waals surface area contributed by atoms with Crippen LogP contribution in [0.25, 0.3) is 11.0 Å². The Kier molecular flexibility index (Phi) is 6.99. The van der Waals surface area contributed by atoms with Crippen LogP contribution in [0, 0.1) is 5.82 Å². The summed E-state index contributed by atoms with van der Waals surface area (Å²) >= 11 is 0. The van der Waals surface area contributed by atoms with Crippen molar-refractivity contribution in [2.75, 3.05) is 13.2 Å². The summed E-state index contributed by atoms with van der Waals surface area (Å²) in [5, 5.41) is 9.67. The first-order valence-corrected chi connectivity index (χ1v) is 11.4. The van der Waals surface area contributed by atoms with Gasteiger partial charge in [0.25, 0.3) is 5.56 Å². The van der Waals surface area contributed by atoms with Gasteiger partial charge in [-0.1, -0.05) is 25.5 Å². The second-order valence-electron chi connectivity index (χ2n) is 8.10. The summed E-state index contributed by atoms with van der Waals surface area (Å²) < 4.78 is 31.4. The number of hydrogen-bond donors (Lipinski definition) is 1. The molecule has 0 bridgehead atoms. The summed E-state index contributed by atoms with van der Waals surface area (Å²) in [7, 11) is 0. The average Bonchev–Trinajstić information content (AvgIpc) is 2.84. The van der Waals surface area contributed by atoms with Gasteiger partial charge in [0.1, 0.15) is 16.9 Å². The van der Waals surface area contributed by atoms with Crippen LogP contribution >= 0.6 is 0 Å². The number of aromatic nitrogens is 2. The minimum absolute atomic E-state index is 0.0138. The first kappa shape index (κ1) is 24.2. The van der Waals surface area contributed by atoms with Crippen molar-refractivity contribution in [2.45, 2.75) is 45.8 Å². The molecule has 9 nitrogen and oxygen atoms in total. The van der Waals surface area contributed by atoms with Gasteiger partial charge in [-0.05, 0) is 31.0 Å². The number of carbonyl (C=O) groups excluding carboxylic acids is 1. The lowest BCUT2D eigenvalue weighted by Gasteiger charge is -2.28. The van der Waals surface area contributed by atoms with Crippen LogP contribution in [-0.4, -0.2) is 45.9 Å². The molecule has 2 aromatic heterocycles. The number of esters is 1. The molecule has 184 valence electrons. The van der Waals surface area contributed by atoms with E-state index < -0.39 is 23.6 Å². The summed E-state index contributed by atoms with van der Waals surface area (Å²) in [5.74, 6) is -2.37. The summed E-state index contributed by atoms with van der Waals surface area (Å²) in [6.45, 7) is 3.56. The molecule has 0 fully saturated rings. The molecule has 0 radical (unpaired) electrons. The maximum absolute atomic E-state index is 13.5. The van der Waals surface area contributed by atoms with Crippen molar-refractivity contribution < 1.29 is 33.3 Å². The molecule has 1 aliphatic heterocycles. The zero-order valence-corrected chi connectivity index (χ0v) is 19.4. The highest BCUT2D eigenvalue weighted by molar-refractivity contribution is 6.00. The predicted octanol–water partition coefficient (Wildman–Crippen LogP) is 3.33. The van der Waals surface area contributed by atoms with Crippen LogP contribution in [-0.2, 0) is 22.5 Å². The van der Waals surface area contributed by atoms with Crippen molar-refractivity contribution in [3.63, 3.8) is 0 Å². The molecule has 10 heteroatoms. The van der Waals surface area contributed by atoms with Gasteiger partial charge in [0, 0.05) is 18.2 Å². The molecule has 0 spiro atoms. The Bertz CT molecular complexity index is 1330. The molecule has 35 heavy (non-hydrogen) atoms. The molecule has 1 atom stereocenters. The SMILES string of the molecule is CCCCOc1c(C(=O)OCC)c(=O)n2c3c(c(Cc4ccc(F)cc4)cnc13)O[C@H](C(=O)O)C2. The highest BCUT2D eigenvalue weighted by Gasteiger charge is 2.35. The number of carboxylic acid groups (broad SMARTS) is 1. The third-order valence-electron chi connectivity index (χ3n) is 5.67. The fraction of sp³-hybridized carbons (Fsp3) is 0.360. The number of hydrogen-bond acceptors (Lipinski definition) is 7. The molecule has 0 amide bonds. The van der Waals surface area contributed by atoms with Gasteiger partial charge in [0.15, 0.2) is 17.1 Å². The summed E-state index contributed by atoms with van der Waals surface area (Å²) in [4.78, 5) is 42.6. The molecular weight excluding hydrogens is 459 g/mol. The summed E-state index contributed by atoms with van der Waals surface area (Å²) in [6, 6.07) is 5.83. The third-order valence-corrected chi connectivity index (χ3v) is 5.67. The minimum atomic E-state index is -1.36. The van der Waals surface area contributed by atoms with E-state index in [0.29, 0.717) is 12.0 Å². The largest absolute Gasteiger partial charge is 0.490 e. The molecule has 4 rings (SSSR count). The molecule has 3 heterocycles. The van der Waals surface area contributed by atoms with Gasteiger partial charge in [-0.25, -0.2) is 14.0 Å². The Morgan fingerprint density at radius 3 is 2.66 bits per heavy atom. The van der Waals surface area contributed by atoms with Crippen LogP contribution in [0.5, 0.6) is 11.5 Å². The van der Waals surface area contributed by atoms with E-state index in [0.717, 1.165) is 12.0 Å². The van der Waals surface area contributed by atoms with E-state index in [4.69, 9.17) is 14.2 Å². The van der Waals surface area contributed by atoms with Crippen LogP contribution in [0.2, 0.25) is 0 Å². The third kappa shape index (κ3) is 4.68. The normalized spacial score (nSPS) is 14.4. The van der Waals surface area contributed by atoms with Gasteiger partial charge in [0.05, 0.1) is 19.8 Å². The number of rotatable bonds is 9. The zero-order chi connectivity index (χ0) is 25.1. The second-order valence-corrected chi connectivity index (χ2v) is 8.10. The number of halogens is 1. The molecule has 3 aromatic rings. The van der Waals surface area contributed by atoms with E-state index in [-0.39, 0.29) is 60.1 Å². The van der Waals surface area contributed by atoms with Crippen molar-refractivity contribution in [1.29, 1.82) is 0 Å². The Labute approximate surface area is 200 Å². The highest BCUT2D eigenvalue weighted by atomic mass is 19.1. The van der Waals surface area contributed by atoms with E-state index in [1.807, 2.05) is 6.92 Å². The van der Waals surface area contributed by atoms with Crippen molar-refractivity contribution in [1.82, 2.24) is 9.55 Å². The molecule has 1 aliphatic rings. The number of pyridine rings is 2. The molecular formula is C25H25FN2O7. The van der Waals surface area contributed by atoms with Crippen molar-refractivity contribution >= 4 is 23.0 Å². The highest BCUT2D eigenvalue weighted by Crippen LogP contribution is 2.38. The van der Waals surface area contributed by atoms with Crippen LogP contribution < -0.4 is 15.0 Å². The molecule has 0 saturated heterocycles. The van der Waals surface area contributed by atoms with E-state index in [9.17, 15) is 23.9 Å². The fourth-order valence-electron chi connectivity index (χ4n) is 3.96. The lowest BCUT2D eigenvalue weighted by molar-refractivity contribution is -0.146. The van der Waals surface area contributed by atoms with E-state index >= 15 is 0 Å². The topological polar surface area (TPSA) is 117 Å². The molecule has 0 aliphatic carbocycles. The smallest absolute Gasteiger partial charge is 0.347 e. The quantitative estimate of drug-likeness (QED) is 0.363. The number of benzene rings is 1. The fourth-order valence-corrected chi connectivity index (χ4v) is 3.96. The van der Waals surface area contributed by atoms with Gasteiger partial charge in [0.2, 0.25) is 6.10 Å². The van der Waals surface area contributed by atoms with Crippen LogP contribution in [0.1, 0.15) is 48.2 Å². The Hall–Kier alpha value is -3.95. The lowest BCUT2D eigenvalue weighted by Crippen LogP contribution is -2.41. The van der Waals surface area contributed by atoms with Gasteiger partial charge < -0.3 is 19.3 Å². The number of nitrogens with zero attached hydrogens (tertiary/aromatic N) is 2. The van der Waals surface area contributed by atoms with Gasteiger partial charge in [-0.15, -0.1) is 0 Å². The molecule has 0 unspecified atom stereocenters. The molecule has 1 N–H and O–H groups in total. The van der Waals surface area contributed by atoms with Gasteiger partial charge >= 0.3 is 11.9 Å². The summed E-state index contributed by atoms with van der Waals surface area (Å²) in [6.07, 6.45) is 1.89.